The molecule has 6 nitrogen and oxygen atoms in total. The average molecular weight is 291 g/mol. The number of nitrogens with zero attached hydrogens (tertiary/aromatic N) is 3. The fourth-order valence-corrected chi connectivity index (χ4v) is 2.09. The van der Waals surface area contributed by atoms with Gasteiger partial charge in [-0.05, 0) is 25.0 Å². The summed E-state index contributed by atoms with van der Waals surface area (Å²) in [5.41, 5.74) is 3.02. The largest absolute Gasteiger partial charge is 0.370 e. The summed E-state index contributed by atoms with van der Waals surface area (Å²) in [4.78, 5) is 16.7. The molecule has 0 radical (unpaired) electrons. The van der Waals surface area contributed by atoms with Crippen LogP contribution >= 0.6 is 11.3 Å². The van der Waals surface area contributed by atoms with Gasteiger partial charge >= 0.3 is 0 Å². The van der Waals surface area contributed by atoms with Crippen molar-refractivity contribution >= 4 is 28.2 Å². The first-order valence-corrected chi connectivity index (χ1v) is 7.31. The normalized spacial score (nSPS) is 10.6. The quantitative estimate of drug-likeness (QED) is 0.885. The number of amides is 1. The van der Waals surface area contributed by atoms with E-state index in [-0.39, 0.29) is 11.8 Å². The molecule has 2 N–H and O–H groups in total. The van der Waals surface area contributed by atoms with E-state index in [9.17, 15) is 4.79 Å². The van der Waals surface area contributed by atoms with Crippen LogP contribution in [-0.2, 0) is 0 Å². The molecule has 0 aliphatic heterocycles. The first-order valence-electron chi connectivity index (χ1n) is 6.43. The third kappa shape index (κ3) is 3.51. The molecule has 20 heavy (non-hydrogen) atoms. The Labute approximate surface area is 121 Å². The standard InChI is InChI=1S/C13H17N5OS/c1-4-14-11-6-9(5-10(16-11)8(2)3)12(19)17-13-18-15-7-20-13/h5-8H,4H2,1-3H3,(H,14,16)(H,17,18,19). The van der Waals surface area contributed by atoms with Crippen molar-refractivity contribution in [2.75, 3.05) is 17.2 Å². The molecule has 2 aromatic rings. The molecule has 1 amide bonds. The van der Waals surface area contributed by atoms with Crippen molar-refractivity contribution < 1.29 is 4.79 Å². The number of carbonyl (C=O) groups excluding carboxylic acids is 1. The molecule has 0 saturated heterocycles. The van der Waals surface area contributed by atoms with Crippen molar-refractivity contribution in [3.63, 3.8) is 0 Å². The van der Waals surface area contributed by atoms with Gasteiger partial charge in [-0.25, -0.2) is 4.98 Å². The zero-order valence-corrected chi connectivity index (χ0v) is 12.5. The van der Waals surface area contributed by atoms with Crippen LogP contribution in [0.3, 0.4) is 0 Å². The summed E-state index contributed by atoms with van der Waals surface area (Å²) in [5.74, 6) is 0.757. The monoisotopic (exact) mass is 291 g/mol. The Morgan fingerprint density at radius 2 is 2.20 bits per heavy atom. The van der Waals surface area contributed by atoms with E-state index in [0.29, 0.717) is 16.5 Å². The second-order valence-corrected chi connectivity index (χ2v) is 5.38. The third-order valence-electron chi connectivity index (χ3n) is 2.64. The lowest BCUT2D eigenvalue weighted by atomic mass is 10.1. The van der Waals surface area contributed by atoms with Crippen LogP contribution in [0, 0.1) is 0 Å². The molecule has 0 aromatic carbocycles. The summed E-state index contributed by atoms with van der Waals surface area (Å²) < 4.78 is 0. The van der Waals surface area contributed by atoms with E-state index < -0.39 is 0 Å². The minimum atomic E-state index is -0.204. The zero-order valence-electron chi connectivity index (χ0n) is 11.7. The Bertz CT molecular complexity index is 582. The van der Waals surface area contributed by atoms with E-state index in [2.05, 4.69) is 25.8 Å². The van der Waals surface area contributed by atoms with Crippen LogP contribution in [0.15, 0.2) is 17.6 Å². The second-order valence-electron chi connectivity index (χ2n) is 4.55. The van der Waals surface area contributed by atoms with Gasteiger partial charge in [0.25, 0.3) is 5.91 Å². The molecular formula is C13H17N5OS. The Hall–Kier alpha value is -2.02. The first-order chi connectivity index (χ1) is 9.60. The van der Waals surface area contributed by atoms with E-state index in [4.69, 9.17) is 0 Å². The molecule has 0 saturated carbocycles. The van der Waals surface area contributed by atoms with Crippen molar-refractivity contribution in [1.29, 1.82) is 0 Å². The summed E-state index contributed by atoms with van der Waals surface area (Å²) in [6.45, 7) is 6.84. The van der Waals surface area contributed by atoms with Gasteiger partial charge in [0.1, 0.15) is 11.3 Å². The minimum absolute atomic E-state index is 0.204. The number of hydrogen-bond donors (Lipinski definition) is 2. The zero-order chi connectivity index (χ0) is 14.5. The Balaban J connectivity index is 2.27. The number of rotatable bonds is 5. The maximum absolute atomic E-state index is 12.2. The van der Waals surface area contributed by atoms with Crippen LogP contribution in [0.2, 0.25) is 0 Å². The number of anilines is 2. The lowest BCUT2D eigenvalue weighted by molar-refractivity contribution is 0.102. The number of aromatic nitrogens is 3. The molecule has 2 aromatic heterocycles. The van der Waals surface area contributed by atoms with Crippen molar-refractivity contribution in [2.45, 2.75) is 26.7 Å². The van der Waals surface area contributed by atoms with Gasteiger partial charge in [-0.3, -0.25) is 10.1 Å². The summed E-state index contributed by atoms with van der Waals surface area (Å²) in [5, 5.41) is 13.8. The lowest BCUT2D eigenvalue weighted by Gasteiger charge is -2.11. The summed E-state index contributed by atoms with van der Waals surface area (Å²) in [6, 6.07) is 3.55. The summed E-state index contributed by atoms with van der Waals surface area (Å²) in [7, 11) is 0. The van der Waals surface area contributed by atoms with Gasteiger partial charge in [0.05, 0.1) is 0 Å². The Kier molecular flexibility index (Phi) is 4.62. The smallest absolute Gasteiger partial charge is 0.257 e. The van der Waals surface area contributed by atoms with E-state index >= 15 is 0 Å². The maximum Gasteiger partial charge on any atom is 0.257 e. The highest BCUT2D eigenvalue weighted by molar-refractivity contribution is 7.13. The van der Waals surface area contributed by atoms with Crippen LogP contribution in [0.4, 0.5) is 10.9 Å². The molecular weight excluding hydrogens is 274 g/mol. The molecule has 2 heterocycles. The van der Waals surface area contributed by atoms with Crippen LogP contribution in [0.1, 0.15) is 42.7 Å². The molecule has 0 fully saturated rings. The van der Waals surface area contributed by atoms with Crippen LogP contribution in [-0.4, -0.2) is 27.6 Å². The maximum atomic E-state index is 12.2. The average Bonchev–Trinajstić information content (AvgIpc) is 2.91. The van der Waals surface area contributed by atoms with Gasteiger partial charge < -0.3 is 5.32 Å². The lowest BCUT2D eigenvalue weighted by Crippen LogP contribution is -2.14. The molecule has 0 bridgehead atoms. The molecule has 0 spiro atoms. The summed E-state index contributed by atoms with van der Waals surface area (Å²) in [6.07, 6.45) is 0. The van der Waals surface area contributed by atoms with E-state index in [1.165, 1.54) is 11.3 Å². The molecule has 106 valence electrons. The predicted octanol–water partition coefficient (Wildman–Crippen LogP) is 2.74. The van der Waals surface area contributed by atoms with E-state index in [1.807, 2.05) is 26.8 Å². The van der Waals surface area contributed by atoms with Crippen molar-refractivity contribution in [3.8, 4) is 0 Å². The van der Waals surface area contributed by atoms with Gasteiger partial charge in [0.15, 0.2) is 0 Å². The third-order valence-corrected chi connectivity index (χ3v) is 3.24. The molecule has 7 heteroatoms. The van der Waals surface area contributed by atoms with Gasteiger partial charge in [-0.15, -0.1) is 10.2 Å². The highest BCUT2D eigenvalue weighted by Gasteiger charge is 2.13. The highest BCUT2D eigenvalue weighted by atomic mass is 32.1. The number of carbonyl (C=O) groups is 1. The number of hydrogen-bond acceptors (Lipinski definition) is 6. The second kappa shape index (κ2) is 6.42. The highest BCUT2D eigenvalue weighted by Crippen LogP contribution is 2.19. The molecule has 0 atom stereocenters. The van der Waals surface area contributed by atoms with Crippen molar-refractivity contribution in [1.82, 2.24) is 15.2 Å². The molecule has 2 rings (SSSR count). The Morgan fingerprint density at radius 1 is 1.40 bits per heavy atom. The Morgan fingerprint density at radius 3 is 2.80 bits per heavy atom. The molecule has 0 aliphatic rings. The van der Waals surface area contributed by atoms with Gasteiger partial charge in [0, 0.05) is 17.8 Å². The minimum Gasteiger partial charge on any atom is -0.370 e. The van der Waals surface area contributed by atoms with Gasteiger partial charge in [-0.2, -0.15) is 0 Å². The fraction of sp³-hybridized carbons (Fsp3) is 0.385. The van der Waals surface area contributed by atoms with E-state index in [1.54, 1.807) is 11.6 Å². The molecule has 0 unspecified atom stereocenters. The summed E-state index contributed by atoms with van der Waals surface area (Å²) >= 11 is 1.29. The molecule has 0 aliphatic carbocycles. The fourth-order valence-electron chi connectivity index (χ4n) is 1.65. The first kappa shape index (κ1) is 14.4. The van der Waals surface area contributed by atoms with Crippen LogP contribution in [0.25, 0.3) is 0 Å². The van der Waals surface area contributed by atoms with Crippen LogP contribution in [0.5, 0.6) is 0 Å². The van der Waals surface area contributed by atoms with Crippen molar-refractivity contribution in [3.05, 3.63) is 28.9 Å². The number of nitrogens with one attached hydrogen (secondary N) is 2. The number of pyridine rings is 1. The van der Waals surface area contributed by atoms with Gasteiger partial charge in [0.2, 0.25) is 5.13 Å². The topological polar surface area (TPSA) is 79.8 Å². The van der Waals surface area contributed by atoms with Crippen molar-refractivity contribution in [2.24, 2.45) is 0 Å². The van der Waals surface area contributed by atoms with Gasteiger partial charge in [-0.1, -0.05) is 25.2 Å². The van der Waals surface area contributed by atoms with Crippen LogP contribution < -0.4 is 10.6 Å². The van der Waals surface area contributed by atoms with E-state index in [0.717, 1.165) is 12.2 Å². The predicted molar refractivity (Wildman–Crippen MR) is 80.4 cm³/mol. The SMILES string of the molecule is CCNc1cc(C(=O)Nc2nncs2)cc(C(C)C)n1.